The second kappa shape index (κ2) is 31.8. The van der Waals surface area contributed by atoms with Gasteiger partial charge in [0.1, 0.15) is 82.0 Å². The van der Waals surface area contributed by atoms with Crippen molar-refractivity contribution < 1.29 is 45.4 Å². The fraction of sp³-hybridized carbons (Fsp3) is 0.241. The lowest BCUT2D eigenvalue weighted by Gasteiger charge is -2.00. The molecule has 0 unspecified atom stereocenters. The minimum Gasteiger partial charge on any atom is -0.465 e. The van der Waals surface area contributed by atoms with Crippen molar-refractivity contribution in [1.82, 2.24) is 0 Å². The van der Waals surface area contributed by atoms with E-state index in [0.717, 1.165) is 18.2 Å². The van der Waals surface area contributed by atoms with Gasteiger partial charge in [0.25, 0.3) is 0 Å². The van der Waals surface area contributed by atoms with E-state index in [1.165, 1.54) is 33.3 Å². The van der Waals surface area contributed by atoms with E-state index in [4.69, 9.17) is 42.1 Å². The molecule has 18 heteroatoms. The van der Waals surface area contributed by atoms with Crippen LogP contribution in [0.5, 0.6) is 0 Å². The molecule has 0 aromatic rings. The van der Waals surface area contributed by atoms with Crippen molar-refractivity contribution in [3.63, 3.8) is 0 Å². The first-order valence-electron chi connectivity index (χ1n) is 11.2. The molecule has 0 radical (unpaired) electrons. The molecule has 0 atom stereocenters. The zero-order valence-electron chi connectivity index (χ0n) is 25.3. The summed E-state index contributed by atoms with van der Waals surface area (Å²) in [5.74, 6) is -1.26. The number of allylic oxidation sites excluding steroid dienone is 7. The maximum Gasteiger partial charge on any atom is 0.425 e. The van der Waals surface area contributed by atoms with Gasteiger partial charge < -0.3 is 9.47 Å². The normalized spacial score (nSPS) is 8.83. The summed E-state index contributed by atoms with van der Waals surface area (Å²) in [6.07, 6.45) is -5.41. The number of rotatable bonds is 2. The minimum absolute atomic E-state index is 0.0394. The highest BCUT2D eigenvalue weighted by Gasteiger charge is 2.33. The molecule has 0 fully saturated rings. The third-order valence-electron chi connectivity index (χ3n) is 3.37. The van der Waals surface area contributed by atoms with Gasteiger partial charge in [-0.1, -0.05) is 38.0 Å². The Morgan fingerprint density at radius 3 is 1.04 bits per heavy atom. The number of alkyl halides is 6. The monoisotopic (exact) mass is 662 g/mol. The molecule has 0 heterocycles. The molecule has 0 rings (SSSR count). The Hall–Kier alpha value is -7.12. The lowest BCUT2D eigenvalue weighted by molar-refractivity contribution is -0.136. The molecule has 0 aliphatic heterocycles. The van der Waals surface area contributed by atoms with Crippen molar-refractivity contribution in [2.24, 2.45) is 0 Å². The molecule has 0 spiro atoms. The number of halogens is 6. The van der Waals surface area contributed by atoms with Crippen molar-refractivity contribution in [1.29, 1.82) is 42.1 Å². The summed E-state index contributed by atoms with van der Waals surface area (Å²) in [7, 11) is 2.44. The Kier molecular flexibility index (Phi) is 35.5. The Balaban J connectivity index is -0.000000108. The molecule has 0 saturated heterocycles. The van der Waals surface area contributed by atoms with Crippen LogP contribution in [0.1, 0.15) is 20.8 Å². The van der Waals surface area contributed by atoms with E-state index in [1.807, 2.05) is 0 Å². The predicted octanol–water partition coefficient (Wildman–Crippen LogP) is 6.09. The highest BCUT2D eigenvalue weighted by molar-refractivity contribution is 5.92. The van der Waals surface area contributed by atoms with E-state index >= 15 is 0 Å². The van der Waals surface area contributed by atoms with Gasteiger partial charge in [0.15, 0.2) is 0 Å². The summed E-state index contributed by atoms with van der Waals surface area (Å²) >= 11 is 0. The molecular formula is C29H24F6N8O4. The van der Waals surface area contributed by atoms with E-state index in [1.54, 1.807) is 50.3 Å². The van der Waals surface area contributed by atoms with Crippen molar-refractivity contribution in [3.05, 3.63) is 71.4 Å². The van der Waals surface area contributed by atoms with Crippen molar-refractivity contribution >= 4 is 11.9 Å². The number of carbonyl (C=O) groups excluding carboxylic acids is 2. The van der Waals surface area contributed by atoms with Gasteiger partial charge in [-0.15, -0.1) is 0 Å². The average Bonchev–Trinajstić information content (AvgIpc) is 3.05. The fourth-order valence-electron chi connectivity index (χ4n) is 1.04. The first kappa shape index (κ1) is 52.5. The van der Waals surface area contributed by atoms with Crippen LogP contribution in [0, 0.1) is 90.6 Å². The molecule has 0 aliphatic rings. The van der Waals surface area contributed by atoms with Gasteiger partial charge in [0.05, 0.1) is 14.2 Å². The molecule has 12 nitrogen and oxygen atoms in total. The van der Waals surface area contributed by atoms with E-state index in [2.05, 4.69) is 29.2 Å². The minimum atomic E-state index is -4.55. The van der Waals surface area contributed by atoms with Crippen molar-refractivity contribution in [2.45, 2.75) is 33.1 Å². The summed E-state index contributed by atoms with van der Waals surface area (Å²) in [5, 5.41) is 63.1. The number of hydrogen-bond acceptors (Lipinski definition) is 12. The van der Waals surface area contributed by atoms with Gasteiger partial charge in [-0.25, -0.2) is 9.59 Å². The van der Waals surface area contributed by atoms with Gasteiger partial charge in [-0.2, -0.15) is 68.4 Å². The van der Waals surface area contributed by atoms with E-state index in [-0.39, 0.29) is 22.3 Å². The van der Waals surface area contributed by atoms with Crippen molar-refractivity contribution in [2.75, 3.05) is 14.2 Å². The van der Waals surface area contributed by atoms with E-state index in [9.17, 15) is 35.9 Å². The summed E-state index contributed by atoms with van der Waals surface area (Å²) < 4.78 is 76.1. The lowest BCUT2D eigenvalue weighted by atomic mass is 10.3. The van der Waals surface area contributed by atoms with Crippen LogP contribution < -0.4 is 0 Å². The maximum atomic E-state index is 11.4. The van der Waals surface area contributed by atoms with Gasteiger partial charge >= 0.3 is 24.3 Å². The first-order valence-corrected chi connectivity index (χ1v) is 11.2. The van der Waals surface area contributed by atoms with Crippen LogP contribution in [0.4, 0.5) is 26.3 Å². The second-order valence-corrected chi connectivity index (χ2v) is 6.42. The number of hydrogen-bond donors (Lipinski definition) is 0. The van der Waals surface area contributed by atoms with Crippen LogP contribution in [0.2, 0.25) is 0 Å². The lowest BCUT2D eigenvalue weighted by Crippen LogP contribution is -2.09. The number of ether oxygens (including phenoxy) is 2. The number of nitriles is 8. The topological polar surface area (TPSA) is 243 Å². The molecule has 47 heavy (non-hydrogen) atoms. The maximum absolute atomic E-state index is 11.4. The SMILES string of the molecule is C/C=C(/C#N)C(F)(F)F.C/C=C(\C#N)C(=O)OC.C=C(C#N)C#N.C=C(C#N)C(=O)OC.C=C(C#N)C(F)(F)F.CC=C(C#N)C#N. The quantitative estimate of drug-likeness (QED) is 0.141. The summed E-state index contributed by atoms with van der Waals surface area (Å²) in [5.41, 5.74) is -2.53. The predicted molar refractivity (Wildman–Crippen MR) is 150 cm³/mol. The number of methoxy groups -OCH3 is 2. The van der Waals surface area contributed by atoms with Crippen LogP contribution in [0.3, 0.4) is 0 Å². The summed E-state index contributed by atoms with van der Waals surface area (Å²) in [6, 6.07) is 11.7. The molecule has 0 aromatic carbocycles. The van der Waals surface area contributed by atoms with Crippen molar-refractivity contribution in [3.8, 4) is 48.6 Å². The third-order valence-corrected chi connectivity index (χ3v) is 3.37. The smallest absolute Gasteiger partial charge is 0.425 e. The highest BCUT2D eigenvalue weighted by Crippen LogP contribution is 2.24. The Morgan fingerprint density at radius 1 is 0.574 bits per heavy atom. The molecule has 0 saturated carbocycles. The van der Waals surface area contributed by atoms with Gasteiger partial charge in [0, 0.05) is 0 Å². The molecular weight excluding hydrogens is 638 g/mol. The van der Waals surface area contributed by atoms with Crippen LogP contribution in [0.25, 0.3) is 0 Å². The molecule has 246 valence electrons. The van der Waals surface area contributed by atoms with E-state index in [0.29, 0.717) is 0 Å². The van der Waals surface area contributed by atoms with E-state index < -0.39 is 35.4 Å². The Bertz CT molecular complexity index is 1500. The number of carbonyl (C=O) groups is 2. The zero-order valence-corrected chi connectivity index (χ0v) is 25.3. The Morgan fingerprint density at radius 2 is 1.00 bits per heavy atom. The Labute approximate surface area is 267 Å². The molecule has 0 N–H and O–H groups in total. The standard InChI is InChI=1S/C6H7NO2.C5H4F3N.C5H4N2.C5H5NO2.C4H2F3N.C4H2N2/c1-3-5(4-7)6(8)9-2;1-2-4(3-9)5(6,7)8;1-2-5(3-6)4-7;1-4(3-6)5(7)8-2;1-3(2-8)4(5,6)7;1-4(2-5)3-6/h3H,1-2H3;2H,1H3;2H,1H3;1H2,2H3;1H2;1H2/b5-3+;4-2-;;;;. The van der Waals surface area contributed by atoms with Crippen LogP contribution in [-0.4, -0.2) is 38.5 Å². The summed E-state index contributed by atoms with van der Waals surface area (Å²) in [6.45, 7) is 13.1. The van der Waals surface area contributed by atoms with Gasteiger partial charge in [-0.05, 0) is 20.8 Å². The molecule has 0 amide bonds. The fourth-order valence-corrected chi connectivity index (χ4v) is 1.04. The average molecular weight is 663 g/mol. The van der Waals surface area contributed by atoms with Crippen LogP contribution in [0.15, 0.2) is 71.4 Å². The zero-order chi connectivity index (χ0) is 38.8. The number of esters is 2. The largest absolute Gasteiger partial charge is 0.465 e. The van der Waals surface area contributed by atoms with Crippen LogP contribution >= 0.6 is 0 Å². The van der Waals surface area contributed by atoms with Gasteiger partial charge in [-0.3, -0.25) is 0 Å². The molecule has 0 bridgehead atoms. The highest BCUT2D eigenvalue weighted by atomic mass is 19.4. The molecule has 0 aliphatic carbocycles. The summed E-state index contributed by atoms with van der Waals surface area (Å²) in [4.78, 5) is 20.7. The first-order chi connectivity index (χ1) is 21.6. The van der Waals surface area contributed by atoms with Crippen LogP contribution in [-0.2, 0) is 19.1 Å². The second-order valence-electron chi connectivity index (χ2n) is 6.42. The van der Waals surface area contributed by atoms with Gasteiger partial charge in [0.2, 0.25) is 0 Å². The molecule has 0 aromatic heterocycles. The number of nitrogens with zero attached hydrogens (tertiary/aromatic N) is 8. The third kappa shape index (κ3) is 35.0.